The summed E-state index contributed by atoms with van der Waals surface area (Å²) in [5.74, 6) is -0.217. The molecule has 1 fully saturated rings. The fraction of sp³-hybridized carbons (Fsp3) is 0.500. The van der Waals surface area contributed by atoms with E-state index in [1.165, 1.54) is 6.20 Å². The lowest BCUT2D eigenvalue weighted by Crippen LogP contribution is -2.40. The maximum Gasteiger partial charge on any atom is 0.253 e. The quantitative estimate of drug-likeness (QED) is 0.875. The molecule has 0 aliphatic heterocycles. The smallest absolute Gasteiger partial charge is 0.253 e. The molecule has 1 saturated carbocycles. The van der Waals surface area contributed by atoms with E-state index >= 15 is 0 Å². The molecular weight excluding hydrogens is 256 g/mol. The first-order valence-electron chi connectivity index (χ1n) is 6.85. The van der Waals surface area contributed by atoms with Gasteiger partial charge in [0.25, 0.3) is 5.91 Å². The number of nitrogens with zero attached hydrogens (tertiary/aromatic N) is 3. The molecule has 20 heavy (non-hydrogen) atoms. The van der Waals surface area contributed by atoms with E-state index in [4.69, 9.17) is 0 Å². The molecule has 0 bridgehead atoms. The average molecular weight is 274 g/mol. The highest BCUT2D eigenvalue weighted by atomic mass is 16.3. The molecule has 106 valence electrons. The Labute approximate surface area is 116 Å². The third-order valence-corrected chi connectivity index (χ3v) is 3.93. The van der Waals surface area contributed by atoms with Gasteiger partial charge in [0.2, 0.25) is 0 Å². The summed E-state index contributed by atoms with van der Waals surface area (Å²) < 4.78 is 1.80. The van der Waals surface area contributed by atoms with Crippen LogP contribution in [-0.2, 0) is 7.05 Å². The SMILES string of the molecule is Cn1cnc2cc(C(=O)NCC3(O)CCCC3)cnc21. The Bertz CT molecular complexity index is 644. The molecule has 0 radical (unpaired) electrons. The van der Waals surface area contributed by atoms with Crippen molar-refractivity contribution in [3.8, 4) is 0 Å². The molecule has 2 aromatic rings. The summed E-state index contributed by atoms with van der Waals surface area (Å²) in [4.78, 5) is 20.5. The molecule has 1 aliphatic rings. The van der Waals surface area contributed by atoms with Crippen molar-refractivity contribution in [2.24, 2.45) is 7.05 Å². The molecule has 0 saturated heterocycles. The summed E-state index contributed by atoms with van der Waals surface area (Å²) >= 11 is 0. The highest BCUT2D eigenvalue weighted by molar-refractivity contribution is 5.96. The summed E-state index contributed by atoms with van der Waals surface area (Å²) in [5.41, 5.74) is 1.17. The monoisotopic (exact) mass is 274 g/mol. The van der Waals surface area contributed by atoms with Crippen molar-refractivity contribution in [3.05, 3.63) is 24.2 Å². The zero-order chi connectivity index (χ0) is 14.2. The average Bonchev–Trinajstić information content (AvgIpc) is 3.04. The topological polar surface area (TPSA) is 80.0 Å². The van der Waals surface area contributed by atoms with Gasteiger partial charge in [0.05, 0.1) is 17.5 Å². The number of aromatic nitrogens is 3. The van der Waals surface area contributed by atoms with Gasteiger partial charge in [-0.15, -0.1) is 0 Å². The van der Waals surface area contributed by atoms with Crippen molar-refractivity contribution in [2.75, 3.05) is 6.54 Å². The summed E-state index contributed by atoms with van der Waals surface area (Å²) in [6.45, 7) is 0.298. The van der Waals surface area contributed by atoms with E-state index in [1.807, 2.05) is 7.05 Å². The number of carbonyl (C=O) groups excluding carboxylic acids is 1. The van der Waals surface area contributed by atoms with E-state index in [9.17, 15) is 9.90 Å². The van der Waals surface area contributed by atoms with Crippen LogP contribution in [0, 0.1) is 0 Å². The third kappa shape index (κ3) is 2.38. The van der Waals surface area contributed by atoms with Crippen LogP contribution in [-0.4, -0.2) is 37.7 Å². The first kappa shape index (κ1) is 13.1. The number of rotatable bonds is 3. The van der Waals surface area contributed by atoms with Gasteiger partial charge < -0.3 is 15.0 Å². The molecule has 2 heterocycles. The molecule has 0 unspecified atom stereocenters. The molecule has 2 N–H and O–H groups in total. The van der Waals surface area contributed by atoms with Gasteiger partial charge in [-0.3, -0.25) is 4.79 Å². The number of carbonyl (C=O) groups is 1. The maximum atomic E-state index is 12.1. The van der Waals surface area contributed by atoms with Crippen molar-refractivity contribution in [3.63, 3.8) is 0 Å². The number of imidazole rings is 1. The first-order valence-corrected chi connectivity index (χ1v) is 6.85. The number of aryl methyl sites for hydroxylation is 1. The predicted molar refractivity (Wildman–Crippen MR) is 74.3 cm³/mol. The van der Waals surface area contributed by atoms with Crippen molar-refractivity contribution in [1.82, 2.24) is 19.9 Å². The van der Waals surface area contributed by atoms with Crippen molar-refractivity contribution in [1.29, 1.82) is 0 Å². The highest BCUT2D eigenvalue weighted by Gasteiger charge is 2.31. The maximum absolute atomic E-state index is 12.1. The molecule has 2 aromatic heterocycles. The summed E-state index contributed by atoms with van der Waals surface area (Å²) in [6.07, 6.45) is 6.76. The standard InChI is InChI=1S/C14H18N4O2/c1-18-9-17-11-6-10(7-15-12(11)18)13(19)16-8-14(20)4-2-3-5-14/h6-7,9,20H,2-5,8H2,1H3,(H,16,19). The highest BCUT2D eigenvalue weighted by Crippen LogP contribution is 2.28. The lowest BCUT2D eigenvalue weighted by atomic mass is 10.0. The number of hydrogen-bond donors (Lipinski definition) is 2. The number of aliphatic hydroxyl groups is 1. The van der Waals surface area contributed by atoms with Crippen LogP contribution in [0.25, 0.3) is 11.2 Å². The Hall–Kier alpha value is -1.95. The molecule has 0 aromatic carbocycles. The van der Waals surface area contributed by atoms with Crippen LogP contribution in [0.15, 0.2) is 18.6 Å². The minimum atomic E-state index is -0.738. The molecule has 0 spiro atoms. The summed E-state index contributed by atoms with van der Waals surface area (Å²) in [5, 5.41) is 13.0. The fourth-order valence-electron chi connectivity index (χ4n) is 2.70. The lowest BCUT2D eigenvalue weighted by Gasteiger charge is -2.22. The second-order valence-electron chi connectivity index (χ2n) is 5.54. The molecule has 6 nitrogen and oxygen atoms in total. The van der Waals surface area contributed by atoms with E-state index in [2.05, 4.69) is 15.3 Å². The van der Waals surface area contributed by atoms with Gasteiger partial charge in [-0.1, -0.05) is 12.8 Å². The van der Waals surface area contributed by atoms with Gasteiger partial charge in [0.1, 0.15) is 5.52 Å². The van der Waals surface area contributed by atoms with E-state index in [0.29, 0.717) is 17.6 Å². The van der Waals surface area contributed by atoms with Crippen LogP contribution in [0.1, 0.15) is 36.0 Å². The second-order valence-corrected chi connectivity index (χ2v) is 5.54. The van der Waals surface area contributed by atoms with Gasteiger partial charge in [-0.05, 0) is 18.9 Å². The Morgan fingerprint density at radius 2 is 2.20 bits per heavy atom. The largest absolute Gasteiger partial charge is 0.388 e. The van der Waals surface area contributed by atoms with Gasteiger partial charge in [-0.2, -0.15) is 0 Å². The first-order chi connectivity index (χ1) is 9.57. The van der Waals surface area contributed by atoms with Crippen LogP contribution in [0.4, 0.5) is 0 Å². The molecule has 1 amide bonds. The molecule has 0 atom stereocenters. The Morgan fingerprint density at radius 1 is 1.45 bits per heavy atom. The van der Waals surface area contributed by atoms with Crippen LogP contribution in [0.3, 0.4) is 0 Å². The van der Waals surface area contributed by atoms with Crippen molar-refractivity contribution in [2.45, 2.75) is 31.3 Å². The van der Waals surface area contributed by atoms with E-state index in [0.717, 1.165) is 31.3 Å². The van der Waals surface area contributed by atoms with Gasteiger partial charge in [0.15, 0.2) is 5.65 Å². The third-order valence-electron chi connectivity index (χ3n) is 3.93. The minimum absolute atomic E-state index is 0.217. The predicted octanol–water partition coefficient (Wildman–Crippen LogP) is 1.00. The van der Waals surface area contributed by atoms with Crippen LogP contribution >= 0.6 is 0 Å². The van der Waals surface area contributed by atoms with Crippen LogP contribution in [0.2, 0.25) is 0 Å². The Morgan fingerprint density at radius 3 is 2.95 bits per heavy atom. The molecule has 3 rings (SSSR count). The zero-order valence-corrected chi connectivity index (χ0v) is 11.5. The van der Waals surface area contributed by atoms with Gasteiger partial charge in [-0.25, -0.2) is 9.97 Å². The molecule has 1 aliphatic carbocycles. The van der Waals surface area contributed by atoms with Crippen molar-refractivity contribution >= 4 is 17.1 Å². The minimum Gasteiger partial charge on any atom is -0.388 e. The van der Waals surface area contributed by atoms with Crippen LogP contribution in [0.5, 0.6) is 0 Å². The van der Waals surface area contributed by atoms with Crippen molar-refractivity contribution < 1.29 is 9.90 Å². The fourth-order valence-corrected chi connectivity index (χ4v) is 2.70. The van der Waals surface area contributed by atoms with Gasteiger partial charge >= 0.3 is 0 Å². The Balaban J connectivity index is 1.72. The number of pyridine rings is 1. The van der Waals surface area contributed by atoms with Gasteiger partial charge in [0, 0.05) is 19.8 Å². The van der Waals surface area contributed by atoms with E-state index < -0.39 is 5.60 Å². The number of hydrogen-bond acceptors (Lipinski definition) is 4. The molecule has 6 heteroatoms. The second kappa shape index (κ2) is 4.86. The number of amides is 1. The zero-order valence-electron chi connectivity index (χ0n) is 11.5. The summed E-state index contributed by atoms with van der Waals surface area (Å²) in [6, 6.07) is 1.72. The van der Waals surface area contributed by atoms with E-state index in [1.54, 1.807) is 17.0 Å². The number of fused-ring (bicyclic) bond motifs is 1. The summed E-state index contributed by atoms with van der Waals surface area (Å²) in [7, 11) is 1.86. The van der Waals surface area contributed by atoms with Crippen LogP contribution < -0.4 is 5.32 Å². The lowest BCUT2D eigenvalue weighted by molar-refractivity contribution is 0.0449. The number of nitrogens with one attached hydrogen (secondary N) is 1. The van der Waals surface area contributed by atoms with E-state index in [-0.39, 0.29) is 5.91 Å². The normalized spacial score (nSPS) is 17.5. The Kier molecular flexibility index (Phi) is 3.17. The molecular formula is C14H18N4O2.